The molecule has 0 saturated carbocycles. The Kier molecular flexibility index (Phi) is 11.8. The van der Waals surface area contributed by atoms with Crippen LogP contribution in [0.25, 0.3) is 215 Å². The maximum absolute atomic E-state index is 4.11. The summed E-state index contributed by atoms with van der Waals surface area (Å²) in [6, 6.07) is 59.2. The second-order valence-corrected chi connectivity index (χ2v) is 71.8. The van der Waals surface area contributed by atoms with E-state index >= 15 is 0 Å². The molecule has 0 aromatic heterocycles. The van der Waals surface area contributed by atoms with E-state index < -0.39 is 72.9 Å². The van der Waals surface area contributed by atoms with Crippen molar-refractivity contribution >= 4 is 256 Å². The number of allylic oxidation sites excluding steroid dienone is 4. The lowest BCUT2D eigenvalue weighted by atomic mass is 9.34. The van der Waals surface area contributed by atoms with Crippen molar-refractivity contribution in [2.75, 3.05) is 0 Å². The third kappa shape index (κ3) is 6.60. The fraction of sp³-hybridized carbons (Fsp3) is 0.282. The minimum atomic E-state index is -1.91. The normalized spacial score (nSPS) is 22.4. The van der Waals surface area contributed by atoms with Crippen LogP contribution in [0.4, 0.5) is 0 Å². The molecule has 136 heavy (non-hydrogen) atoms. The van der Waals surface area contributed by atoms with Gasteiger partial charge >= 0.3 is 0 Å². The fourth-order valence-corrected chi connectivity index (χ4v) is 45.4. The van der Waals surface area contributed by atoms with E-state index in [1.807, 2.05) is 0 Å². The van der Waals surface area contributed by atoms with Gasteiger partial charge in [-0.15, -0.1) is 27.7 Å². The van der Waals surface area contributed by atoms with Gasteiger partial charge in [0, 0.05) is 33.2 Å². The molecular weight excluding hydrogens is 1710 g/mol. The molecule has 5 heteroatoms. The third-order valence-electron chi connectivity index (χ3n) is 40.3. The zero-order chi connectivity index (χ0) is 90.3. The van der Waals surface area contributed by atoms with Crippen LogP contribution in [0.15, 0.2) is 144 Å². The van der Waals surface area contributed by atoms with Gasteiger partial charge in [-0.3, -0.25) is 0 Å². The van der Waals surface area contributed by atoms with Gasteiger partial charge in [0.1, 0.15) is 40.4 Å². The molecule has 26 aromatic carbocycles. The van der Waals surface area contributed by atoms with Crippen LogP contribution >= 0.6 is 0 Å². The highest BCUT2D eigenvalue weighted by atomic mass is 28.3. The van der Waals surface area contributed by atoms with E-state index in [4.69, 9.17) is 0 Å². The van der Waals surface area contributed by atoms with Crippen LogP contribution in [0, 0.1) is 62.7 Å². The predicted molar refractivity (Wildman–Crippen MR) is 592 cm³/mol. The minimum Gasteiger partial charge on any atom is -0.126 e. The van der Waals surface area contributed by atoms with Gasteiger partial charge in [-0.1, -0.05) is 261 Å². The van der Waals surface area contributed by atoms with Crippen molar-refractivity contribution in [2.24, 2.45) is 5.41 Å². The number of unbranched alkanes of at least 4 members (excludes halogenated alkanes) is 5. The Morgan fingerprint density at radius 3 is 0.537 bits per heavy atom. The van der Waals surface area contributed by atoms with Gasteiger partial charge in [0.15, 0.2) is 0 Å². The Morgan fingerprint density at radius 1 is 0.191 bits per heavy atom. The van der Waals surface area contributed by atoms with E-state index in [9.17, 15) is 0 Å². The first kappa shape index (κ1) is 74.2. The first-order chi connectivity index (χ1) is 65.9. The lowest BCUT2D eigenvalue weighted by Crippen LogP contribution is -2.62. The highest BCUT2D eigenvalue weighted by molar-refractivity contribution is 6.87. The highest BCUT2D eigenvalue weighted by Gasteiger charge is 2.86. The fourth-order valence-electron chi connectivity index (χ4n) is 36.2. The number of hydrogen-bond acceptors (Lipinski definition) is 0. The molecular formula is C131H98Si5. The van der Waals surface area contributed by atoms with Gasteiger partial charge in [0.25, 0.3) is 0 Å². The third-order valence-corrected chi connectivity index (χ3v) is 52.4. The highest BCUT2D eigenvalue weighted by Crippen LogP contribution is 2.95. The summed E-state index contributed by atoms with van der Waals surface area (Å²) in [6.45, 7) is 40.1. The van der Waals surface area contributed by atoms with Crippen molar-refractivity contribution in [3.05, 3.63) is 255 Å². The second kappa shape index (κ2) is 21.6. The maximum Gasteiger partial charge on any atom is 0.132 e. The van der Waals surface area contributed by atoms with Crippen LogP contribution in [-0.2, 0) is 27.1 Å². The molecule has 0 N–H and O–H groups in total. The van der Waals surface area contributed by atoms with E-state index in [0.717, 1.165) is 27.8 Å². The summed E-state index contributed by atoms with van der Waals surface area (Å²) in [5.41, 5.74) is 51.2. The molecule has 0 saturated heterocycles. The van der Waals surface area contributed by atoms with Gasteiger partial charge in [0.2, 0.25) is 0 Å². The van der Waals surface area contributed by atoms with Gasteiger partial charge in [-0.25, -0.2) is 0 Å². The van der Waals surface area contributed by atoms with Crippen molar-refractivity contribution in [1.82, 2.24) is 0 Å². The lowest BCUT2D eigenvalue weighted by molar-refractivity contribution is 0.246. The van der Waals surface area contributed by atoms with Crippen molar-refractivity contribution in [3.8, 4) is 57.3 Å². The molecule has 0 spiro atoms. The van der Waals surface area contributed by atoms with Gasteiger partial charge in [-0.2, -0.15) is 0 Å². The molecule has 37 rings (SSSR count). The summed E-state index contributed by atoms with van der Waals surface area (Å²) < 4.78 is 0. The molecule has 0 bridgehead atoms. The Bertz CT molecular complexity index is 10100. The largest absolute Gasteiger partial charge is 0.132 e. The molecule has 0 amide bonds. The van der Waals surface area contributed by atoms with Crippen LogP contribution in [0.5, 0.6) is 0 Å². The number of hydrogen-bond donors (Lipinski definition) is 0. The standard InChI is InChI=1S/C131H98Si5/c1-17-22-52-132(7,8)57-47-62-27-37-67(38-28-62)127-112-102-92-82-77-72-73-75-76-74(72)79-85-83(77)93(92)103-105-95(85)97-87(79)89-81(76)91-90-80(75)88-86-78(73)84(82)94-96(86)106-108-98(88)100(90)110-111-101(91)99(89)109-107(97)117-115(105)128(113(103)112,68-39-29-63(30-40-68)48-58-133(9,10)53-23-18-2)123-122(127)124-126(6)125(123)130(117,70-43-33-65(34-44-70)50-60-135(13,14)55-25-20-4)119(109)121(111)131(126,71-45-35-66(36-46-71)51-61-136(15,16)56-26-21-5)120(110)118(108)129(124,116(106)114(127)104(94)102)69-41-31-64(32-42-69)49-59-134(11,12)54-24-19-3/h27-46H,17-26,52-56H2,1-16H3. The number of rotatable bonds is 20. The molecule has 26 aromatic rings. The molecule has 11 aliphatic carbocycles. The molecule has 0 radical (unpaired) electrons. The van der Waals surface area contributed by atoms with Gasteiger partial charge in [0.05, 0.1) is 27.1 Å². The summed E-state index contributed by atoms with van der Waals surface area (Å²) in [4.78, 5) is 0. The SMILES string of the molecule is CCCC[Si](C)(C)C#Cc1ccc(C23C4=C5C6(c7ccc(C#C[Si](C)(C)CCCC)cc7)c7c2c2c8c3c3c9c%10c%11c%12c%13c%14c%15c%16c%17c%18c(c6c6c7c7c2c2c%19c8c9c8c9c%10c%13c%10c%13c%14c%17c%14c%17c%18c6c6c7c2c2c(c%198)c(c9%10)c(c%13%14)c2c6%17)C%16(c2ccc(C#C[Si](C)(C)CCCC)cc2)C5(C)C(=C4C3%11c2ccc(C#C[Si](C)(C)CCCC)cc2)C%12%15c2ccc(C#C[Si](C)(C)CCCC)cc2)cc1. The maximum atomic E-state index is 4.11. The average molecular weight is 1810 g/mol. The first-order valence-corrected chi connectivity index (χ1v) is 68.4. The Hall–Kier alpha value is -12.0. The monoisotopic (exact) mass is 1810 g/mol. The molecule has 0 nitrogen and oxygen atoms in total. The van der Waals surface area contributed by atoms with Crippen LogP contribution in [0.3, 0.4) is 0 Å². The Balaban J connectivity index is 0.831. The van der Waals surface area contributed by atoms with Crippen molar-refractivity contribution in [1.29, 1.82) is 0 Å². The van der Waals surface area contributed by atoms with Gasteiger partial charge in [-0.05, 0) is 412 Å². The quantitative estimate of drug-likeness (QED) is 0.0405. The van der Waals surface area contributed by atoms with Crippen molar-refractivity contribution < 1.29 is 0 Å². The van der Waals surface area contributed by atoms with E-state index in [1.165, 1.54) is 122 Å². The molecule has 0 aliphatic heterocycles. The van der Waals surface area contributed by atoms with E-state index in [-0.39, 0.29) is 0 Å². The lowest BCUT2D eigenvalue weighted by Gasteiger charge is -2.66. The number of benzene rings is 20. The summed E-state index contributed by atoms with van der Waals surface area (Å²) >= 11 is 0. The minimum absolute atomic E-state index is 0.831. The van der Waals surface area contributed by atoms with E-state index in [2.05, 4.69) is 286 Å². The molecule has 0 fully saturated rings. The molecule has 4 unspecified atom stereocenters. The topological polar surface area (TPSA) is 0 Å². The molecule has 642 valence electrons. The average Bonchev–Trinajstić information content (AvgIpc) is 1.36. The summed E-state index contributed by atoms with van der Waals surface area (Å²) in [6.07, 6.45) is 12.1. The smallest absolute Gasteiger partial charge is 0.126 e. The van der Waals surface area contributed by atoms with Gasteiger partial charge < -0.3 is 0 Å². The molecule has 4 atom stereocenters. The zero-order valence-electron chi connectivity index (χ0n) is 80.7. The zero-order valence-corrected chi connectivity index (χ0v) is 85.7. The Labute approximate surface area is 795 Å². The van der Waals surface area contributed by atoms with Crippen molar-refractivity contribution in [2.45, 2.75) is 229 Å². The van der Waals surface area contributed by atoms with Crippen molar-refractivity contribution in [3.63, 3.8) is 0 Å². The summed E-state index contributed by atoms with van der Waals surface area (Å²) in [5.74, 6) is 20.2. The van der Waals surface area contributed by atoms with Crippen LogP contribution in [0.1, 0.15) is 217 Å². The van der Waals surface area contributed by atoms with Crippen LogP contribution < -0.4 is 0 Å². The predicted octanol–water partition coefficient (Wildman–Crippen LogP) is 33.5. The van der Waals surface area contributed by atoms with Crippen LogP contribution in [-0.4, -0.2) is 40.4 Å². The molecule has 11 aliphatic rings. The Morgan fingerprint density at radius 2 is 0.346 bits per heavy atom. The van der Waals surface area contributed by atoms with E-state index in [0.29, 0.717) is 0 Å². The summed E-state index contributed by atoms with van der Waals surface area (Å²) in [5, 5.41) is 63.8. The molecule has 0 heterocycles. The first-order valence-electron chi connectivity index (χ1n) is 52.4. The van der Waals surface area contributed by atoms with Crippen LogP contribution in [0.2, 0.25) is 95.7 Å². The van der Waals surface area contributed by atoms with E-state index in [1.54, 1.807) is 293 Å². The second-order valence-electron chi connectivity index (χ2n) is 49.2. The summed E-state index contributed by atoms with van der Waals surface area (Å²) in [7, 11) is -9.53.